The second-order valence-electron chi connectivity index (χ2n) is 8.41. The third kappa shape index (κ3) is 5.41. The van der Waals surface area contributed by atoms with Crippen molar-refractivity contribution in [3.05, 3.63) is 98.8 Å². The second-order valence-corrected chi connectivity index (χ2v) is 8.85. The van der Waals surface area contributed by atoms with E-state index in [0.717, 1.165) is 16.7 Å². The SMILES string of the molecule is CC(=O)N(Cc1ccc(C)cc1)c1nc2ccccc2n(CC(=O)Nc2ccc(Cl)cc2C)c1=O. The molecule has 1 heterocycles. The van der Waals surface area contributed by atoms with Crippen molar-refractivity contribution in [2.45, 2.75) is 33.9 Å². The van der Waals surface area contributed by atoms with Crippen molar-refractivity contribution in [3.8, 4) is 0 Å². The molecule has 0 spiro atoms. The normalized spacial score (nSPS) is 10.9. The van der Waals surface area contributed by atoms with E-state index >= 15 is 0 Å². The lowest BCUT2D eigenvalue weighted by Crippen LogP contribution is -2.38. The van der Waals surface area contributed by atoms with Gasteiger partial charge >= 0.3 is 0 Å². The van der Waals surface area contributed by atoms with Gasteiger partial charge in [0.1, 0.15) is 6.54 Å². The molecule has 0 atom stereocenters. The topological polar surface area (TPSA) is 84.3 Å². The fraction of sp³-hybridized carbons (Fsp3) is 0.185. The summed E-state index contributed by atoms with van der Waals surface area (Å²) in [5, 5.41) is 3.41. The van der Waals surface area contributed by atoms with Crippen molar-refractivity contribution in [1.29, 1.82) is 0 Å². The highest BCUT2D eigenvalue weighted by atomic mass is 35.5. The first-order chi connectivity index (χ1) is 16.7. The van der Waals surface area contributed by atoms with Crippen molar-refractivity contribution >= 4 is 46.0 Å². The number of nitrogens with zero attached hydrogens (tertiary/aromatic N) is 3. The summed E-state index contributed by atoms with van der Waals surface area (Å²) in [6.45, 7) is 5.15. The Hall–Kier alpha value is -3.97. The molecule has 0 saturated carbocycles. The highest BCUT2D eigenvalue weighted by molar-refractivity contribution is 6.30. The predicted octanol–water partition coefficient (Wildman–Crippen LogP) is 4.86. The molecule has 35 heavy (non-hydrogen) atoms. The van der Waals surface area contributed by atoms with Crippen molar-refractivity contribution in [1.82, 2.24) is 9.55 Å². The molecule has 4 aromatic rings. The summed E-state index contributed by atoms with van der Waals surface area (Å²) in [6.07, 6.45) is 0. The van der Waals surface area contributed by atoms with Gasteiger partial charge < -0.3 is 5.32 Å². The number of fused-ring (bicyclic) bond motifs is 1. The van der Waals surface area contributed by atoms with Crippen LogP contribution in [0.15, 0.2) is 71.5 Å². The number of aryl methyl sites for hydroxylation is 2. The van der Waals surface area contributed by atoms with Gasteiger partial charge in [-0.25, -0.2) is 4.98 Å². The second kappa shape index (κ2) is 10.1. The van der Waals surface area contributed by atoms with E-state index in [1.54, 1.807) is 42.5 Å². The van der Waals surface area contributed by atoms with E-state index in [2.05, 4.69) is 10.3 Å². The van der Waals surface area contributed by atoms with Gasteiger partial charge in [-0.2, -0.15) is 0 Å². The van der Waals surface area contributed by atoms with Crippen LogP contribution in [0, 0.1) is 13.8 Å². The Bertz CT molecular complexity index is 1480. The van der Waals surface area contributed by atoms with E-state index in [9.17, 15) is 14.4 Å². The molecule has 0 aliphatic carbocycles. The van der Waals surface area contributed by atoms with Crippen molar-refractivity contribution in [2.24, 2.45) is 0 Å². The first-order valence-electron chi connectivity index (χ1n) is 11.1. The molecule has 3 aromatic carbocycles. The number of hydrogen-bond acceptors (Lipinski definition) is 4. The summed E-state index contributed by atoms with van der Waals surface area (Å²) in [6, 6.07) is 19.9. The molecule has 178 valence electrons. The van der Waals surface area contributed by atoms with Crippen molar-refractivity contribution in [2.75, 3.05) is 10.2 Å². The van der Waals surface area contributed by atoms with Crippen LogP contribution in [0.5, 0.6) is 0 Å². The van der Waals surface area contributed by atoms with Gasteiger partial charge in [0.15, 0.2) is 0 Å². The summed E-state index contributed by atoms with van der Waals surface area (Å²) in [5.41, 5.74) is 3.86. The Balaban J connectivity index is 1.73. The van der Waals surface area contributed by atoms with E-state index in [1.807, 2.05) is 38.1 Å². The number of halogens is 1. The first kappa shape index (κ1) is 24.2. The maximum atomic E-state index is 13.6. The molecule has 1 aromatic heterocycles. The number of amides is 2. The summed E-state index contributed by atoms with van der Waals surface area (Å²) in [5.74, 6) is -0.724. The number of carbonyl (C=O) groups is 2. The molecule has 4 rings (SSSR count). The van der Waals surface area contributed by atoms with Gasteiger partial charge in [-0.05, 0) is 55.3 Å². The zero-order valence-corrected chi connectivity index (χ0v) is 20.5. The molecule has 0 saturated heterocycles. The summed E-state index contributed by atoms with van der Waals surface area (Å²) in [7, 11) is 0. The van der Waals surface area contributed by atoms with E-state index in [1.165, 1.54) is 16.4 Å². The standard InChI is InChI=1S/C27H25ClN4O3/c1-17-8-10-20(11-9-17)15-31(19(3)33)26-27(35)32(24-7-5-4-6-23(24)30-26)16-25(34)29-22-13-12-21(28)14-18(22)2/h4-14H,15-16H2,1-3H3,(H,29,34). The fourth-order valence-corrected chi connectivity index (χ4v) is 4.05. The van der Waals surface area contributed by atoms with Crippen LogP contribution in [0.2, 0.25) is 5.02 Å². The van der Waals surface area contributed by atoms with Gasteiger partial charge in [0.05, 0.1) is 17.6 Å². The third-order valence-electron chi connectivity index (χ3n) is 5.70. The Morgan fingerprint density at radius 3 is 2.43 bits per heavy atom. The van der Waals surface area contributed by atoms with Crippen LogP contribution >= 0.6 is 11.6 Å². The molecule has 0 fully saturated rings. The van der Waals surface area contributed by atoms with Gasteiger partial charge in [-0.15, -0.1) is 0 Å². The molecule has 0 unspecified atom stereocenters. The highest BCUT2D eigenvalue weighted by Gasteiger charge is 2.22. The number of carbonyl (C=O) groups excluding carboxylic acids is 2. The molecular formula is C27H25ClN4O3. The quantitative estimate of drug-likeness (QED) is 0.420. The van der Waals surface area contributed by atoms with Crippen LogP contribution in [0.4, 0.5) is 11.5 Å². The lowest BCUT2D eigenvalue weighted by Gasteiger charge is -2.22. The van der Waals surface area contributed by atoms with Crippen LogP contribution in [-0.2, 0) is 22.7 Å². The number of rotatable bonds is 6. The first-order valence-corrected chi connectivity index (χ1v) is 11.5. The third-order valence-corrected chi connectivity index (χ3v) is 5.93. The lowest BCUT2D eigenvalue weighted by atomic mass is 10.1. The van der Waals surface area contributed by atoms with E-state index in [-0.39, 0.29) is 30.7 Å². The Morgan fingerprint density at radius 1 is 1.03 bits per heavy atom. The fourth-order valence-electron chi connectivity index (χ4n) is 3.82. The summed E-state index contributed by atoms with van der Waals surface area (Å²) < 4.78 is 1.35. The van der Waals surface area contributed by atoms with Crippen molar-refractivity contribution < 1.29 is 9.59 Å². The predicted molar refractivity (Wildman–Crippen MR) is 139 cm³/mol. The molecule has 0 aliphatic rings. The van der Waals surface area contributed by atoms with Crippen LogP contribution < -0.4 is 15.8 Å². The van der Waals surface area contributed by atoms with E-state index < -0.39 is 5.56 Å². The Morgan fingerprint density at radius 2 is 1.74 bits per heavy atom. The number of para-hydroxylation sites is 2. The van der Waals surface area contributed by atoms with Gasteiger partial charge in [0, 0.05) is 17.6 Å². The Labute approximate surface area is 208 Å². The minimum absolute atomic E-state index is 0.0211. The van der Waals surface area contributed by atoms with Crippen LogP contribution in [0.1, 0.15) is 23.6 Å². The molecule has 2 amide bonds. The summed E-state index contributed by atoms with van der Waals surface area (Å²) in [4.78, 5) is 45.0. The van der Waals surface area contributed by atoms with E-state index in [4.69, 9.17) is 11.6 Å². The zero-order valence-electron chi connectivity index (χ0n) is 19.7. The smallest absolute Gasteiger partial charge is 0.294 e. The zero-order chi connectivity index (χ0) is 25.1. The number of benzene rings is 3. The molecule has 8 heteroatoms. The molecule has 7 nitrogen and oxygen atoms in total. The number of anilines is 2. The van der Waals surface area contributed by atoms with Crippen LogP contribution in [0.3, 0.4) is 0 Å². The minimum atomic E-state index is -0.519. The molecule has 0 aliphatic heterocycles. The van der Waals surface area contributed by atoms with E-state index in [0.29, 0.717) is 21.7 Å². The van der Waals surface area contributed by atoms with Gasteiger partial charge in [-0.1, -0.05) is 53.6 Å². The highest BCUT2D eigenvalue weighted by Crippen LogP contribution is 2.21. The van der Waals surface area contributed by atoms with Gasteiger partial charge in [0.25, 0.3) is 5.56 Å². The maximum Gasteiger partial charge on any atom is 0.294 e. The average Bonchev–Trinajstić information content (AvgIpc) is 2.82. The van der Waals surface area contributed by atoms with Crippen LogP contribution in [0.25, 0.3) is 11.0 Å². The number of nitrogens with one attached hydrogen (secondary N) is 1. The molecular weight excluding hydrogens is 464 g/mol. The number of hydrogen-bond donors (Lipinski definition) is 1. The van der Waals surface area contributed by atoms with Crippen molar-refractivity contribution in [3.63, 3.8) is 0 Å². The number of aromatic nitrogens is 2. The summed E-state index contributed by atoms with van der Waals surface area (Å²) >= 11 is 6.01. The van der Waals surface area contributed by atoms with Gasteiger partial charge in [0.2, 0.25) is 17.6 Å². The average molecular weight is 489 g/mol. The van der Waals surface area contributed by atoms with Gasteiger partial charge in [-0.3, -0.25) is 23.9 Å². The van der Waals surface area contributed by atoms with Crippen LogP contribution in [-0.4, -0.2) is 21.4 Å². The molecule has 0 bridgehead atoms. The molecule has 0 radical (unpaired) electrons. The lowest BCUT2D eigenvalue weighted by molar-refractivity contribution is -0.117. The minimum Gasteiger partial charge on any atom is -0.324 e. The largest absolute Gasteiger partial charge is 0.324 e. The monoisotopic (exact) mass is 488 g/mol. The maximum absolute atomic E-state index is 13.6. The molecule has 1 N–H and O–H groups in total. The Kier molecular flexibility index (Phi) is 6.98.